The lowest BCUT2D eigenvalue weighted by Crippen LogP contribution is -2.32. The van der Waals surface area contributed by atoms with Crippen LogP contribution in [0.1, 0.15) is 36.0 Å². The third kappa shape index (κ3) is 4.76. The van der Waals surface area contributed by atoms with Crippen LogP contribution in [0.5, 0.6) is 0 Å². The first-order chi connectivity index (χ1) is 9.04. The first-order valence-electron chi connectivity index (χ1n) is 6.43. The average Bonchev–Trinajstić information content (AvgIpc) is 2.35. The quantitative estimate of drug-likeness (QED) is 0.718. The summed E-state index contributed by atoms with van der Waals surface area (Å²) in [6.07, 6.45) is 4.43. The molecule has 1 fully saturated rings. The number of hydrogen-bond donors (Lipinski definition) is 1. The van der Waals surface area contributed by atoms with Crippen molar-refractivity contribution in [3.8, 4) is 0 Å². The van der Waals surface area contributed by atoms with Gasteiger partial charge in [-0.1, -0.05) is 38.3 Å². The molecule has 104 valence electrons. The van der Waals surface area contributed by atoms with E-state index < -0.39 is 0 Å². The number of carbonyl (C=O) groups is 1. The molecule has 1 saturated carbocycles. The van der Waals surface area contributed by atoms with Crippen LogP contribution in [0.2, 0.25) is 0 Å². The normalized spacial score (nSPS) is 23.1. The van der Waals surface area contributed by atoms with Crippen LogP contribution in [0.15, 0.2) is 27.1 Å². The molecule has 1 amide bonds. The van der Waals surface area contributed by atoms with Crippen molar-refractivity contribution in [1.82, 2.24) is 5.32 Å². The summed E-state index contributed by atoms with van der Waals surface area (Å²) >= 11 is 12.9. The molecule has 2 nitrogen and oxygen atoms in total. The topological polar surface area (TPSA) is 29.1 Å². The van der Waals surface area contributed by atoms with Crippen molar-refractivity contribution in [1.29, 1.82) is 0 Å². The molecular formula is C14H16Br2ClNO. The number of hydrogen-bond acceptors (Lipinski definition) is 1. The Kier molecular flexibility index (Phi) is 5.72. The Hall–Kier alpha value is -0.0600. The maximum Gasteiger partial charge on any atom is 0.251 e. The van der Waals surface area contributed by atoms with Gasteiger partial charge >= 0.3 is 0 Å². The fourth-order valence-electron chi connectivity index (χ4n) is 2.43. The van der Waals surface area contributed by atoms with Crippen LogP contribution in [-0.2, 0) is 0 Å². The Morgan fingerprint density at radius 1 is 1.26 bits per heavy atom. The van der Waals surface area contributed by atoms with Gasteiger partial charge in [-0.25, -0.2) is 0 Å². The highest BCUT2D eigenvalue weighted by Crippen LogP contribution is 2.27. The molecule has 1 aliphatic rings. The Balaban J connectivity index is 1.90. The molecule has 0 aliphatic heterocycles. The predicted octanol–water partition coefficient (Wildman–Crippen LogP) is 4.74. The molecule has 2 unspecified atom stereocenters. The molecule has 2 atom stereocenters. The molecule has 1 aliphatic carbocycles. The molecule has 1 aromatic carbocycles. The lowest BCUT2D eigenvalue weighted by Gasteiger charge is -2.25. The van der Waals surface area contributed by atoms with Crippen molar-refractivity contribution in [2.24, 2.45) is 5.92 Å². The Morgan fingerprint density at radius 2 is 1.95 bits per heavy atom. The number of halogens is 3. The molecule has 5 heteroatoms. The molecule has 1 aromatic rings. The molecule has 19 heavy (non-hydrogen) atoms. The number of rotatable bonds is 3. The van der Waals surface area contributed by atoms with Crippen LogP contribution in [0, 0.1) is 5.92 Å². The molecule has 2 rings (SSSR count). The van der Waals surface area contributed by atoms with Gasteiger partial charge in [-0.3, -0.25) is 4.79 Å². The summed E-state index contributed by atoms with van der Waals surface area (Å²) in [6.45, 7) is 0.714. The van der Waals surface area contributed by atoms with Crippen molar-refractivity contribution < 1.29 is 4.79 Å². The van der Waals surface area contributed by atoms with E-state index in [2.05, 4.69) is 37.2 Å². The summed E-state index contributed by atoms with van der Waals surface area (Å²) < 4.78 is 1.79. The molecule has 0 heterocycles. The van der Waals surface area contributed by atoms with E-state index in [1.807, 2.05) is 18.2 Å². The molecule has 0 spiro atoms. The van der Waals surface area contributed by atoms with E-state index in [1.165, 1.54) is 0 Å². The lowest BCUT2D eigenvalue weighted by atomic mass is 9.89. The van der Waals surface area contributed by atoms with Crippen molar-refractivity contribution in [3.63, 3.8) is 0 Å². The second-order valence-electron chi connectivity index (χ2n) is 5.00. The fourth-order valence-corrected chi connectivity index (χ4v) is 4.13. The minimum atomic E-state index is -0.0290. The van der Waals surface area contributed by atoms with E-state index in [1.54, 1.807) is 0 Å². The first kappa shape index (κ1) is 15.3. The number of benzene rings is 1. The van der Waals surface area contributed by atoms with E-state index >= 15 is 0 Å². The zero-order chi connectivity index (χ0) is 13.8. The van der Waals surface area contributed by atoms with Gasteiger partial charge in [0.1, 0.15) is 0 Å². The third-order valence-electron chi connectivity index (χ3n) is 3.39. The molecule has 0 aromatic heterocycles. The maximum atomic E-state index is 12.1. The van der Waals surface area contributed by atoms with Crippen molar-refractivity contribution in [2.75, 3.05) is 6.54 Å². The smallest absolute Gasteiger partial charge is 0.251 e. The molecule has 0 radical (unpaired) electrons. The van der Waals surface area contributed by atoms with E-state index in [0.29, 0.717) is 18.0 Å². The van der Waals surface area contributed by atoms with Gasteiger partial charge in [0.2, 0.25) is 0 Å². The number of alkyl halides is 1. The summed E-state index contributed by atoms with van der Waals surface area (Å²) in [5.41, 5.74) is 0.666. The van der Waals surface area contributed by atoms with Gasteiger partial charge in [-0.2, -0.15) is 0 Å². The largest absolute Gasteiger partial charge is 0.352 e. The standard InChI is InChI=1S/C14H16Br2ClNO/c15-11-5-10(6-12(16)7-11)14(19)18-8-9-2-1-3-13(17)4-9/h5-7,9,13H,1-4,8H2,(H,18,19). The van der Waals surface area contributed by atoms with E-state index in [4.69, 9.17) is 11.6 Å². The summed E-state index contributed by atoms with van der Waals surface area (Å²) in [7, 11) is 0. The molecule has 0 saturated heterocycles. The van der Waals surface area contributed by atoms with Gasteiger partial charge in [0, 0.05) is 26.4 Å². The van der Waals surface area contributed by atoms with Crippen LogP contribution in [0.25, 0.3) is 0 Å². The van der Waals surface area contributed by atoms with Crippen molar-refractivity contribution >= 4 is 49.4 Å². The third-order valence-corrected chi connectivity index (χ3v) is 4.71. The highest BCUT2D eigenvalue weighted by atomic mass is 79.9. The predicted molar refractivity (Wildman–Crippen MR) is 85.8 cm³/mol. The van der Waals surface area contributed by atoms with Crippen LogP contribution < -0.4 is 5.32 Å². The maximum absolute atomic E-state index is 12.1. The lowest BCUT2D eigenvalue weighted by molar-refractivity contribution is 0.0943. The van der Waals surface area contributed by atoms with Crippen LogP contribution in [0.3, 0.4) is 0 Å². The van der Waals surface area contributed by atoms with Crippen LogP contribution in [0.4, 0.5) is 0 Å². The number of carbonyl (C=O) groups excluding carboxylic acids is 1. The van der Waals surface area contributed by atoms with E-state index in [9.17, 15) is 4.79 Å². The molecule has 1 N–H and O–H groups in total. The SMILES string of the molecule is O=C(NCC1CCCC(Cl)C1)c1cc(Br)cc(Br)c1. The first-order valence-corrected chi connectivity index (χ1v) is 8.45. The average molecular weight is 410 g/mol. The fraction of sp³-hybridized carbons (Fsp3) is 0.500. The highest BCUT2D eigenvalue weighted by molar-refractivity contribution is 9.11. The van der Waals surface area contributed by atoms with Gasteiger partial charge in [-0.05, 0) is 43.4 Å². The summed E-state index contributed by atoms with van der Waals surface area (Å²) in [6, 6.07) is 5.56. The number of amides is 1. The number of nitrogens with one attached hydrogen (secondary N) is 1. The van der Waals surface area contributed by atoms with Crippen LogP contribution in [-0.4, -0.2) is 17.8 Å². The van der Waals surface area contributed by atoms with Gasteiger partial charge in [0.25, 0.3) is 5.91 Å². The Morgan fingerprint density at radius 3 is 2.58 bits per heavy atom. The highest BCUT2D eigenvalue weighted by Gasteiger charge is 2.20. The zero-order valence-electron chi connectivity index (χ0n) is 10.5. The second kappa shape index (κ2) is 7.09. The summed E-state index contributed by atoms with van der Waals surface area (Å²) in [5, 5.41) is 3.28. The van der Waals surface area contributed by atoms with Crippen LogP contribution >= 0.6 is 43.5 Å². The van der Waals surface area contributed by atoms with Gasteiger partial charge < -0.3 is 5.32 Å². The minimum absolute atomic E-state index is 0.0290. The molecular weight excluding hydrogens is 393 g/mol. The Labute approximate surface area is 135 Å². The van der Waals surface area contributed by atoms with Gasteiger partial charge in [0.05, 0.1) is 0 Å². The summed E-state index contributed by atoms with van der Waals surface area (Å²) in [4.78, 5) is 12.1. The van der Waals surface area contributed by atoms with Crippen molar-refractivity contribution in [3.05, 3.63) is 32.7 Å². The minimum Gasteiger partial charge on any atom is -0.352 e. The van der Waals surface area contributed by atoms with Gasteiger partial charge in [0.15, 0.2) is 0 Å². The van der Waals surface area contributed by atoms with Gasteiger partial charge in [-0.15, -0.1) is 11.6 Å². The zero-order valence-corrected chi connectivity index (χ0v) is 14.4. The van der Waals surface area contributed by atoms with Crippen molar-refractivity contribution in [2.45, 2.75) is 31.1 Å². The Bertz CT molecular complexity index is 447. The monoisotopic (exact) mass is 407 g/mol. The molecule has 0 bridgehead atoms. The second-order valence-corrected chi connectivity index (χ2v) is 7.45. The van der Waals surface area contributed by atoms with E-state index in [0.717, 1.165) is 34.6 Å². The summed E-state index contributed by atoms with van der Waals surface area (Å²) in [5.74, 6) is 0.481. The van der Waals surface area contributed by atoms with E-state index in [-0.39, 0.29) is 11.3 Å².